The van der Waals surface area contributed by atoms with Crippen LogP contribution in [0.5, 0.6) is 11.5 Å². The van der Waals surface area contributed by atoms with Gasteiger partial charge < -0.3 is 15.2 Å². The van der Waals surface area contributed by atoms with Crippen molar-refractivity contribution in [2.75, 3.05) is 20.0 Å². The van der Waals surface area contributed by atoms with Crippen LogP contribution < -0.4 is 15.2 Å². The maximum absolute atomic E-state index is 9.73. The lowest BCUT2D eigenvalue weighted by molar-refractivity contribution is 0.382. The smallest absolute Gasteiger partial charge is 0.153 e. The van der Waals surface area contributed by atoms with Gasteiger partial charge in [0.05, 0.1) is 24.0 Å². The van der Waals surface area contributed by atoms with Gasteiger partial charge in [-0.3, -0.25) is 0 Å². The highest BCUT2D eigenvalue weighted by atomic mass is 32.2. The van der Waals surface area contributed by atoms with Crippen molar-refractivity contribution in [3.05, 3.63) is 65.7 Å². The molecule has 0 spiro atoms. The highest BCUT2D eigenvalue weighted by Crippen LogP contribution is 2.52. The Kier molecular flexibility index (Phi) is 6.56. The number of nitrogen functional groups attached to an aromatic ring is 1. The van der Waals surface area contributed by atoms with Crippen LogP contribution in [0.15, 0.2) is 74.2 Å². The molecule has 3 rings (SSSR count). The molecule has 7 heteroatoms. The molecule has 0 saturated heterocycles. The highest BCUT2D eigenvalue weighted by molar-refractivity contribution is 8.02. The van der Waals surface area contributed by atoms with Gasteiger partial charge in [0, 0.05) is 15.5 Å². The van der Waals surface area contributed by atoms with Gasteiger partial charge in [-0.05, 0) is 24.3 Å². The van der Waals surface area contributed by atoms with Gasteiger partial charge in [0.25, 0.3) is 0 Å². The van der Waals surface area contributed by atoms with Crippen molar-refractivity contribution in [2.24, 2.45) is 0 Å². The van der Waals surface area contributed by atoms with Gasteiger partial charge in [-0.1, -0.05) is 53.9 Å². The molecule has 0 heterocycles. The normalized spacial score (nSPS) is 10.1. The zero-order valence-corrected chi connectivity index (χ0v) is 17.4. The molecular weight excluding hydrogens is 402 g/mol. The fourth-order valence-electron chi connectivity index (χ4n) is 2.74. The van der Waals surface area contributed by atoms with Crippen molar-refractivity contribution in [1.29, 1.82) is 10.5 Å². The summed E-state index contributed by atoms with van der Waals surface area (Å²) in [5.74, 6) is 0.673. The van der Waals surface area contributed by atoms with Gasteiger partial charge in [0.15, 0.2) is 11.5 Å². The summed E-state index contributed by atoms with van der Waals surface area (Å²) in [7, 11) is 2.98. The average molecular weight is 420 g/mol. The third-order valence-electron chi connectivity index (χ3n) is 4.05. The first-order valence-electron chi connectivity index (χ1n) is 8.52. The minimum atomic E-state index is 0.140. The van der Waals surface area contributed by atoms with Crippen LogP contribution in [0, 0.1) is 22.7 Å². The minimum Gasteiger partial charge on any atom is -0.494 e. The number of methoxy groups -OCH3 is 2. The summed E-state index contributed by atoms with van der Waals surface area (Å²) in [6, 6.07) is 21.4. The van der Waals surface area contributed by atoms with E-state index < -0.39 is 0 Å². The fourth-order valence-corrected chi connectivity index (χ4v) is 5.00. The summed E-state index contributed by atoms with van der Waals surface area (Å²) in [4.78, 5) is 3.15. The van der Waals surface area contributed by atoms with Crippen LogP contribution in [0.1, 0.15) is 11.1 Å². The number of para-hydroxylation sites is 1. The topological polar surface area (TPSA) is 92.1 Å². The number of rotatable bonds is 6. The minimum absolute atomic E-state index is 0.140. The zero-order chi connectivity index (χ0) is 20.8. The van der Waals surface area contributed by atoms with Crippen molar-refractivity contribution in [2.45, 2.75) is 19.6 Å². The summed E-state index contributed by atoms with van der Waals surface area (Å²) in [6.07, 6.45) is 0. The van der Waals surface area contributed by atoms with Gasteiger partial charge in [-0.2, -0.15) is 10.5 Å². The lowest BCUT2D eigenvalue weighted by Gasteiger charge is -2.20. The van der Waals surface area contributed by atoms with E-state index in [1.165, 1.54) is 37.7 Å². The van der Waals surface area contributed by atoms with Crippen LogP contribution in [-0.4, -0.2) is 14.2 Å². The number of hydrogen-bond acceptors (Lipinski definition) is 7. The number of hydrogen-bond donors (Lipinski definition) is 1. The van der Waals surface area contributed by atoms with Gasteiger partial charge in [-0.15, -0.1) is 0 Å². The molecule has 0 aliphatic carbocycles. The first-order valence-corrected chi connectivity index (χ1v) is 10.1. The van der Waals surface area contributed by atoms with Crippen LogP contribution in [0.25, 0.3) is 0 Å². The summed E-state index contributed by atoms with van der Waals surface area (Å²) in [6.45, 7) is 0. The maximum atomic E-state index is 9.73. The highest BCUT2D eigenvalue weighted by Gasteiger charge is 2.27. The predicted molar refractivity (Wildman–Crippen MR) is 115 cm³/mol. The molecule has 0 fully saturated rings. The molecule has 2 N–H and O–H groups in total. The number of nitrogens with two attached hydrogens (primary N) is 1. The second kappa shape index (κ2) is 9.29. The molecule has 29 heavy (non-hydrogen) atoms. The van der Waals surface area contributed by atoms with E-state index in [1.54, 1.807) is 0 Å². The van der Waals surface area contributed by atoms with Gasteiger partial charge in [0.2, 0.25) is 0 Å². The Hall–Kier alpha value is -3.26. The van der Waals surface area contributed by atoms with Crippen LogP contribution in [0.4, 0.5) is 5.69 Å². The molecule has 3 aromatic carbocycles. The van der Waals surface area contributed by atoms with Gasteiger partial charge in [0.1, 0.15) is 23.3 Å². The van der Waals surface area contributed by atoms with E-state index in [0.29, 0.717) is 27.0 Å². The average Bonchev–Trinajstić information content (AvgIpc) is 2.76. The Morgan fingerprint density at radius 1 is 0.759 bits per heavy atom. The summed E-state index contributed by atoms with van der Waals surface area (Å²) >= 11 is 2.82. The van der Waals surface area contributed by atoms with Gasteiger partial charge in [-0.25, -0.2) is 0 Å². The van der Waals surface area contributed by atoms with Crippen molar-refractivity contribution in [1.82, 2.24) is 0 Å². The first-order chi connectivity index (χ1) is 14.1. The summed E-state index contributed by atoms with van der Waals surface area (Å²) < 4.78 is 11.2. The monoisotopic (exact) mass is 419 g/mol. The number of benzene rings is 3. The lowest BCUT2D eigenvalue weighted by Crippen LogP contribution is -2.02. The van der Waals surface area contributed by atoms with E-state index in [-0.39, 0.29) is 11.1 Å². The molecule has 0 radical (unpaired) electrons. The largest absolute Gasteiger partial charge is 0.494 e. The molecular formula is C22H17N3O2S2. The van der Waals surface area contributed by atoms with Crippen LogP contribution >= 0.6 is 23.5 Å². The Morgan fingerprint density at radius 2 is 1.28 bits per heavy atom. The Labute approximate surface area is 178 Å². The predicted octanol–water partition coefficient (Wildman–Crippen LogP) is 5.33. The molecule has 0 amide bonds. The Balaban J connectivity index is 2.31. The third kappa shape index (κ3) is 4.12. The van der Waals surface area contributed by atoms with E-state index >= 15 is 0 Å². The second-order valence-corrected chi connectivity index (χ2v) is 7.89. The number of anilines is 1. The van der Waals surface area contributed by atoms with E-state index in [0.717, 1.165) is 9.79 Å². The molecule has 3 aromatic rings. The van der Waals surface area contributed by atoms with E-state index in [9.17, 15) is 10.5 Å². The third-order valence-corrected chi connectivity index (χ3v) is 6.46. The van der Waals surface area contributed by atoms with Crippen LogP contribution in [0.2, 0.25) is 0 Å². The fraction of sp³-hybridized carbons (Fsp3) is 0.0909. The Morgan fingerprint density at radius 3 is 1.79 bits per heavy atom. The number of nitriles is 2. The molecule has 5 nitrogen and oxygen atoms in total. The molecule has 0 unspecified atom stereocenters. The van der Waals surface area contributed by atoms with Crippen molar-refractivity contribution in [3.63, 3.8) is 0 Å². The standard InChI is InChI=1S/C22H17N3O2S2/c1-26-19-15(12-23)16(13-24)20(27-2)22(29-18-11-7-6-10-17(18)25)21(19)28-14-8-4-3-5-9-14/h3-11H,25H2,1-2H3. The molecule has 144 valence electrons. The van der Waals surface area contributed by atoms with Crippen LogP contribution in [-0.2, 0) is 0 Å². The van der Waals surface area contributed by atoms with Crippen LogP contribution in [0.3, 0.4) is 0 Å². The summed E-state index contributed by atoms with van der Waals surface area (Å²) in [5, 5.41) is 19.5. The SMILES string of the molecule is COc1c(C#N)c(C#N)c(OC)c(Sc2ccccc2N)c1Sc1ccccc1. The zero-order valence-electron chi connectivity index (χ0n) is 15.8. The number of ether oxygens (including phenoxy) is 2. The van der Waals surface area contributed by atoms with E-state index in [2.05, 4.69) is 12.1 Å². The van der Waals surface area contributed by atoms with Crippen molar-refractivity contribution >= 4 is 29.2 Å². The molecule has 0 aliphatic heterocycles. The molecule has 0 aliphatic rings. The molecule has 0 saturated carbocycles. The quantitative estimate of drug-likeness (QED) is 0.540. The van der Waals surface area contributed by atoms with E-state index in [4.69, 9.17) is 15.2 Å². The molecule has 0 atom stereocenters. The Bertz CT molecular complexity index is 1120. The summed E-state index contributed by atoms with van der Waals surface area (Å²) in [5.41, 5.74) is 7.04. The van der Waals surface area contributed by atoms with Crippen molar-refractivity contribution < 1.29 is 9.47 Å². The first kappa shape index (κ1) is 20.5. The van der Waals surface area contributed by atoms with Crippen molar-refractivity contribution in [3.8, 4) is 23.6 Å². The van der Waals surface area contributed by atoms with Gasteiger partial charge >= 0.3 is 0 Å². The molecule has 0 aromatic heterocycles. The van der Waals surface area contributed by atoms with E-state index in [1.807, 2.05) is 54.6 Å². The second-order valence-electron chi connectivity index (χ2n) is 5.75. The number of nitrogens with zero attached hydrogens (tertiary/aromatic N) is 2. The lowest BCUT2D eigenvalue weighted by atomic mass is 10.1. The molecule has 0 bridgehead atoms. The maximum Gasteiger partial charge on any atom is 0.153 e.